The average molecular weight is 467 g/mol. The lowest BCUT2D eigenvalue weighted by atomic mass is 10.1. The number of ether oxygens (including phenoxy) is 1. The van der Waals surface area contributed by atoms with E-state index in [4.69, 9.17) is 9.72 Å². The van der Waals surface area contributed by atoms with Gasteiger partial charge in [-0.05, 0) is 43.3 Å². The van der Waals surface area contributed by atoms with E-state index in [1.807, 2.05) is 18.2 Å². The molecule has 10 heteroatoms. The Bertz CT molecular complexity index is 1420. The van der Waals surface area contributed by atoms with E-state index in [2.05, 4.69) is 31.4 Å². The number of nitrogens with zero attached hydrogens (tertiary/aromatic N) is 5. The van der Waals surface area contributed by atoms with Gasteiger partial charge in [0.25, 0.3) is 0 Å². The van der Waals surface area contributed by atoms with Gasteiger partial charge in [-0.15, -0.1) is 0 Å². The minimum Gasteiger partial charge on any atom is -0.377 e. The van der Waals surface area contributed by atoms with Gasteiger partial charge in [0, 0.05) is 41.5 Å². The van der Waals surface area contributed by atoms with Crippen molar-refractivity contribution in [3.8, 4) is 11.4 Å². The summed E-state index contributed by atoms with van der Waals surface area (Å²) in [5.41, 5.74) is 2.52. The second-order valence-corrected chi connectivity index (χ2v) is 10.2. The molecule has 8 nitrogen and oxygen atoms in total. The Morgan fingerprint density at radius 1 is 1.21 bits per heavy atom. The van der Waals surface area contributed by atoms with Crippen LogP contribution in [0.2, 0.25) is 0 Å². The fourth-order valence-electron chi connectivity index (χ4n) is 3.92. The first-order valence-electron chi connectivity index (χ1n) is 10.5. The van der Waals surface area contributed by atoms with E-state index in [1.54, 1.807) is 18.6 Å². The first kappa shape index (κ1) is 21.5. The van der Waals surface area contributed by atoms with Crippen LogP contribution in [-0.2, 0) is 14.5 Å². The molecule has 0 amide bonds. The molecule has 4 aromatic rings. The highest BCUT2D eigenvalue weighted by Crippen LogP contribution is 2.35. The molecule has 1 aromatic carbocycles. The fraction of sp³-hybridized carbons (Fsp3) is 0.261. The van der Waals surface area contributed by atoms with Crippen molar-refractivity contribution in [3.05, 3.63) is 60.7 Å². The second kappa shape index (κ2) is 8.53. The maximum Gasteiger partial charge on any atom is 0.131 e. The summed E-state index contributed by atoms with van der Waals surface area (Å²) < 4.78 is 37.3. The molecule has 1 fully saturated rings. The number of H-pyrrole nitrogens is 1. The summed E-state index contributed by atoms with van der Waals surface area (Å²) in [6.07, 6.45) is 4.88. The summed E-state index contributed by atoms with van der Waals surface area (Å²) >= 11 is 0. The molecule has 0 saturated carbocycles. The molecule has 0 spiro atoms. The van der Waals surface area contributed by atoms with Crippen molar-refractivity contribution in [2.24, 2.45) is 4.36 Å². The third kappa shape index (κ3) is 4.19. The molecule has 170 valence electrons. The predicted molar refractivity (Wildman–Crippen MR) is 126 cm³/mol. The van der Waals surface area contributed by atoms with Crippen molar-refractivity contribution in [1.29, 1.82) is 0 Å². The number of anilines is 1. The van der Waals surface area contributed by atoms with Crippen LogP contribution in [0, 0.1) is 5.82 Å². The molecular formula is C23H23FN6O2S. The molecule has 1 aliphatic rings. The molecule has 1 aliphatic heterocycles. The fourth-order valence-corrected chi connectivity index (χ4v) is 5.20. The Morgan fingerprint density at radius 3 is 2.76 bits per heavy atom. The van der Waals surface area contributed by atoms with Crippen molar-refractivity contribution in [1.82, 2.24) is 20.2 Å². The number of pyridine rings is 2. The Labute approximate surface area is 191 Å². The maximum absolute atomic E-state index is 13.6. The molecule has 2 atom stereocenters. The zero-order valence-electron chi connectivity index (χ0n) is 18.2. The normalized spacial score (nSPS) is 18.3. The molecule has 5 rings (SSSR count). The van der Waals surface area contributed by atoms with Crippen LogP contribution in [0.5, 0.6) is 0 Å². The number of hydrogen-bond acceptors (Lipinski definition) is 7. The van der Waals surface area contributed by atoms with Crippen LogP contribution in [-0.4, -0.2) is 56.4 Å². The van der Waals surface area contributed by atoms with Gasteiger partial charge in [-0.3, -0.25) is 10.1 Å². The standard InChI is InChI=1S/C23H23FN6O2S/c1-15-14-32-12-11-30(15)21-13-20(29-33(2,31)17-5-3-16(24)4-6-17)18-7-9-25-23(22(18)27-21)19-8-10-26-28-19/h3-10,13,15H,11-12,14H2,1-2H3,(H,26,28). The zero-order chi connectivity index (χ0) is 23.0. The number of fused-ring (bicyclic) bond motifs is 1. The van der Waals surface area contributed by atoms with E-state index in [9.17, 15) is 8.60 Å². The van der Waals surface area contributed by atoms with Gasteiger partial charge in [0.05, 0.1) is 40.4 Å². The van der Waals surface area contributed by atoms with Gasteiger partial charge in [-0.1, -0.05) is 0 Å². The number of halogens is 1. The number of benzene rings is 1. The Kier molecular flexibility index (Phi) is 5.55. The van der Waals surface area contributed by atoms with Gasteiger partial charge < -0.3 is 9.64 Å². The van der Waals surface area contributed by atoms with Gasteiger partial charge >= 0.3 is 0 Å². The third-order valence-corrected chi connectivity index (χ3v) is 7.33. The highest BCUT2D eigenvalue weighted by atomic mass is 32.2. The lowest BCUT2D eigenvalue weighted by Crippen LogP contribution is -2.44. The Morgan fingerprint density at radius 2 is 2.03 bits per heavy atom. The van der Waals surface area contributed by atoms with Crippen molar-refractivity contribution < 1.29 is 13.3 Å². The first-order valence-corrected chi connectivity index (χ1v) is 12.5. The number of hydrogen-bond donors (Lipinski definition) is 1. The van der Waals surface area contributed by atoms with E-state index in [-0.39, 0.29) is 11.9 Å². The number of rotatable bonds is 4. The number of aromatic nitrogens is 4. The van der Waals surface area contributed by atoms with Gasteiger partial charge in [-0.2, -0.15) is 9.46 Å². The second-order valence-electron chi connectivity index (χ2n) is 7.99. The lowest BCUT2D eigenvalue weighted by Gasteiger charge is -2.34. The molecular weight excluding hydrogens is 443 g/mol. The molecule has 3 aromatic heterocycles. The van der Waals surface area contributed by atoms with E-state index in [1.165, 1.54) is 24.3 Å². The molecule has 0 aliphatic carbocycles. The van der Waals surface area contributed by atoms with Crippen molar-refractivity contribution in [2.45, 2.75) is 17.9 Å². The minimum atomic E-state index is -2.85. The monoisotopic (exact) mass is 466 g/mol. The molecule has 1 N–H and O–H groups in total. The zero-order valence-corrected chi connectivity index (χ0v) is 19.1. The van der Waals surface area contributed by atoms with Crippen LogP contribution < -0.4 is 4.90 Å². The highest BCUT2D eigenvalue weighted by Gasteiger charge is 2.23. The van der Waals surface area contributed by atoms with Crippen LogP contribution in [0.3, 0.4) is 0 Å². The van der Waals surface area contributed by atoms with E-state index in [0.717, 1.165) is 11.1 Å². The summed E-state index contributed by atoms with van der Waals surface area (Å²) in [5.74, 6) is 0.322. The molecule has 4 heterocycles. The molecule has 1 saturated heterocycles. The lowest BCUT2D eigenvalue weighted by molar-refractivity contribution is 0.0986. The van der Waals surface area contributed by atoms with Crippen LogP contribution in [0.1, 0.15) is 6.92 Å². The van der Waals surface area contributed by atoms with Gasteiger partial charge in [0.2, 0.25) is 0 Å². The Balaban J connectivity index is 1.76. The quantitative estimate of drug-likeness (QED) is 0.485. The van der Waals surface area contributed by atoms with Gasteiger partial charge in [-0.25, -0.2) is 13.6 Å². The summed E-state index contributed by atoms with van der Waals surface area (Å²) in [4.78, 5) is 12.1. The predicted octanol–water partition coefficient (Wildman–Crippen LogP) is 4.17. The largest absolute Gasteiger partial charge is 0.377 e. The van der Waals surface area contributed by atoms with Crippen molar-refractivity contribution >= 4 is 32.1 Å². The van der Waals surface area contributed by atoms with Gasteiger partial charge in [0.1, 0.15) is 22.8 Å². The molecule has 33 heavy (non-hydrogen) atoms. The smallest absolute Gasteiger partial charge is 0.131 e. The average Bonchev–Trinajstić information content (AvgIpc) is 3.34. The minimum absolute atomic E-state index is 0.118. The SMILES string of the molecule is CC1COCCN1c1cc(N=S(C)(=O)c2ccc(F)cc2)c2ccnc(-c3ccn[nH]3)c2n1. The molecule has 0 radical (unpaired) electrons. The number of aromatic amines is 1. The van der Waals surface area contributed by atoms with Crippen LogP contribution >= 0.6 is 0 Å². The molecule has 0 bridgehead atoms. The Hall–Kier alpha value is -3.37. The van der Waals surface area contributed by atoms with Crippen LogP contribution in [0.15, 0.2) is 64.1 Å². The maximum atomic E-state index is 13.6. The summed E-state index contributed by atoms with van der Waals surface area (Å²) in [5, 5.41) is 7.70. The topological polar surface area (TPSA) is 96.4 Å². The highest BCUT2D eigenvalue weighted by molar-refractivity contribution is 7.93. The molecule has 2 unspecified atom stereocenters. The van der Waals surface area contributed by atoms with Crippen molar-refractivity contribution in [2.75, 3.05) is 30.9 Å². The van der Waals surface area contributed by atoms with Crippen LogP contribution in [0.4, 0.5) is 15.9 Å². The van der Waals surface area contributed by atoms with Crippen molar-refractivity contribution in [3.63, 3.8) is 0 Å². The summed E-state index contributed by atoms with van der Waals surface area (Å²) in [6.45, 7) is 3.93. The van der Waals surface area contributed by atoms with E-state index in [0.29, 0.717) is 47.4 Å². The first-order chi connectivity index (χ1) is 15.9. The van der Waals surface area contributed by atoms with E-state index >= 15 is 0 Å². The number of nitrogens with one attached hydrogen (secondary N) is 1. The summed E-state index contributed by atoms with van der Waals surface area (Å²) in [7, 11) is -2.85. The summed E-state index contributed by atoms with van der Waals surface area (Å²) in [6, 6.07) is 11.2. The number of morpholine rings is 1. The third-order valence-electron chi connectivity index (χ3n) is 5.63. The van der Waals surface area contributed by atoms with Crippen LogP contribution in [0.25, 0.3) is 22.3 Å². The van der Waals surface area contributed by atoms with Gasteiger partial charge in [0.15, 0.2) is 0 Å². The van der Waals surface area contributed by atoms with E-state index < -0.39 is 9.73 Å².